The fraction of sp³-hybridized carbons (Fsp3) is 0.0769. The number of carbonyl (C=O) groups excluding carboxylic acids is 1. The maximum Gasteiger partial charge on any atom is 0.261 e. The monoisotopic (exact) mass is 491 g/mol. The number of nitrogens with zero attached hydrogens (tertiary/aromatic N) is 1. The van der Waals surface area contributed by atoms with E-state index in [1.165, 1.54) is 12.1 Å². The molecule has 0 fully saturated rings. The van der Waals surface area contributed by atoms with Crippen LogP contribution in [0.1, 0.15) is 11.3 Å². The van der Waals surface area contributed by atoms with Crippen molar-refractivity contribution in [1.29, 1.82) is 0 Å². The quantitative estimate of drug-likeness (QED) is 0.351. The number of pyridine rings is 1. The number of carbonyl (C=O) groups is 1. The van der Waals surface area contributed by atoms with Crippen molar-refractivity contribution in [3.05, 3.63) is 114 Å². The number of nitrogens with one attached hydrogen (secondary N) is 2. The molecule has 0 atom stereocenters. The summed E-state index contributed by atoms with van der Waals surface area (Å²) in [6.45, 7) is 0.315. The van der Waals surface area contributed by atoms with Gasteiger partial charge < -0.3 is 10.1 Å². The lowest BCUT2D eigenvalue weighted by Gasteiger charge is -2.10. The summed E-state index contributed by atoms with van der Waals surface area (Å²) in [5.41, 5.74) is 2.42. The zero-order valence-corrected chi connectivity index (χ0v) is 19.3. The molecule has 2 N–H and O–H groups in total. The Balaban J connectivity index is 1.32. The number of halogens is 1. The van der Waals surface area contributed by atoms with E-state index in [2.05, 4.69) is 15.0 Å². The number of amides is 1. The minimum atomic E-state index is -3.85. The average Bonchev–Trinajstić information content (AvgIpc) is 2.85. The van der Waals surface area contributed by atoms with Crippen LogP contribution >= 0.6 is 0 Å². The minimum Gasteiger partial charge on any atom is -0.487 e. The molecule has 0 unspecified atom stereocenters. The SMILES string of the molecule is O=C(Cc1ccc(NS(=O)(=O)c2ccc(F)cc2)cc1)Nc1cccc(OCc2ccccn2)c1. The van der Waals surface area contributed by atoms with E-state index in [0.29, 0.717) is 29.3 Å². The fourth-order valence-electron chi connectivity index (χ4n) is 3.21. The molecule has 0 radical (unpaired) electrons. The second kappa shape index (κ2) is 10.8. The molecule has 0 aliphatic heterocycles. The van der Waals surface area contributed by atoms with Crippen LogP contribution < -0.4 is 14.8 Å². The van der Waals surface area contributed by atoms with Crippen LogP contribution in [0.4, 0.5) is 15.8 Å². The van der Waals surface area contributed by atoms with Gasteiger partial charge in [-0.3, -0.25) is 14.5 Å². The first-order chi connectivity index (χ1) is 16.9. The van der Waals surface area contributed by atoms with Crippen molar-refractivity contribution in [3.8, 4) is 5.75 Å². The summed E-state index contributed by atoms with van der Waals surface area (Å²) >= 11 is 0. The molecule has 1 heterocycles. The number of hydrogen-bond acceptors (Lipinski definition) is 5. The van der Waals surface area contributed by atoms with Crippen molar-refractivity contribution in [2.45, 2.75) is 17.9 Å². The van der Waals surface area contributed by atoms with Gasteiger partial charge in [0, 0.05) is 23.6 Å². The standard InChI is InChI=1S/C26H22FN3O4S/c27-20-9-13-25(14-10-20)35(32,33)30-21-11-7-19(8-12-21)16-26(31)29-22-5-3-6-24(17-22)34-18-23-4-1-2-15-28-23/h1-15,17,30H,16,18H2,(H,29,31). The van der Waals surface area contributed by atoms with E-state index in [-0.39, 0.29) is 17.2 Å². The van der Waals surface area contributed by atoms with Gasteiger partial charge in [-0.1, -0.05) is 24.3 Å². The highest BCUT2D eigenvalue weighted by atomic mass is 32.2. The summed E-state index contributed by atoms with van der Waals surface area (Å²) in [5, 5.41) is 2.83. The van der Waals surface area contributed by atoms with Gasteiger partial charge in [-0.2, -0.15) is 0 Å². The van der Waals surface area contributed by atoms with E-state index in [9.17, 15) is 17.6 Å². The number of rotatable bonds is 9. The highest BCUT2D eigenvalue weighted by Crippen LogP contribution is 2.20. The van der Waals surface area contributed by atoms with Crippen molar-refractivity contribution in [1.82, 2.24) is 4.98 Å². The molecule has 0 saturated carbocycles. The van der Waals surface area contributed by atoms with Gasteiger partial charge >= 0.3 is 0 Å². The molecule has 9 heteroatoms. The Morgan fingerprint density at radius 3 is 2.37 bits per heavy atom. The lowest BCUT2D eigenvalue weighted by molar-refractivity contribution is -0.115. The van der Waals surface area contributed by atoms with Gasteiger partial charge in [0.05, 0.1) is 17.0 Å². The van der Waals surface area contributed by atoms with Gasteiger partial charge in [-0.05, 0) is 66.2 Å². The molecule has 1 aromatic heterocycles. The predicted molar refractivity (Wildman–Crippen MR) is 131 cm³/mol. The number of anilines is 2. The number of sulfonamides is 1. The van der Waals surface area contributed by atoms with E-state index in [4.69, 9.17) is 4.74 Å². The maximum atomic E-state index is 13.1. The Labute approximate surface area is 202 Å². The number of hydrogen-bond donors (Lipinski definition) is 2. The van der Waals surface area contributed by atoms with Crippen LogP contribution in [0.5, 0.6) is 5.75 Å². The molecule has 4 rings (SSSR count). The first-order valence-electron chi connectivity index (χ1n) is 10.7. The summed E-state index contributed by atoms with van der Waals surface area (Å²) < 4.78 is 46.1. The number of ether oxygens (including phenoxy) is 1. The molecular weight excluding hydrogens is 469 g/mol. The predicted octanol–water partition coefficient (Wildman–Crippen LogP) is 4.78. The van der Waals surface area contributed by atoms with Crippen molar-refractivity contribution in [3.63, 3.8) is 0 Å². The Bertz CT molecular complexity index is 1390. The Hall–Kier alpha value is -4.24. The third-order valence-electron chi connectivity index (χ3n) is 4.93. The van der Waals surface area contributed by atoms with Crippen molar-refractivity contribution < 1.29 is 22.3 Å². The summed E-state index contributed by atoms with van der Waals surface area (Å²) in [6, 6.07) is 23.7. The van der Waals surface area contributed by atoms with E-state index in [1.54, 1.807) is 54.7 Å². The molecule has 35 heavy (non-hydrogen) atoms. The molecule has 0 aliphatic rings. The molecule has 0 aliphatic carbocycles. The zero-order chi connectivity index (χ0) is 24.7. The second-order valence-corrected chi connectivity index (χ2v) is 9.30. The van der Waals surface area contributed by atoms with E-state index < -0.39 is 15.8 Å². The van der Waals surface area contributed by atoms with Crippen LogP contribution in [-0.2, 0) is 27.8 Å². The van der Waals surface area contributed by atoms with Crippen LogP contribution in [-0.4, -0.2) is 19.3 Å². The summed E-state index contributed by atoms with van der Waals surface area (Å²) in [5.74, 6) is -0.145. The average molecular weight is 492 g/mol. The molecule has 1 amide bonds. The molecule has 3 aromatic carbocycles. The van der Waals surface area contributed by atoms with E-state index in [0.717, 1.165) is 17.8 Å². The summed E-state index contributed by atoms with van der Waals surface area (Å²) in [7, 11) is -3.85. The summed E-state index contributed by atoms with van der Waals surface area (Å²) in [4.78, 5) is 16.7. The molecule has 0 saturated heterocycles. The molecule has 4 aromatic rings. The molecule has 0 bridgehead atoms. The fourth-order valence-corrected chi connectivity index (χ4v) is 4.27. The smallest absolute Gasteiger partial charge is 0.261 e. The topological polar surface area (TPSA) is 97.4 Å². The van der Waals surface area contributed by atoms with Gasteiger partial charge in [0.2, 0.25) is 5.91 Å². The van der Waals surface area contributed by atoms with Crippen LogP contribution in [0.3, 0.4) is 0 Å². The first-order valence-corrected chi connectivity index (χ1v) is 12.2. The van der Waals surface area contributed by atoms with Gasteiger partial charge in [0.1, 0.15) is 18.2 Å². The highest BCUT2D eigenvalue weighted by Gasteiger charge is 2.14. The summed E-state index contributed by atoms with van der Waals surface area (Å²) in [6.07, 6.45) is 1.80. The molecular formula is C26H22FN3O4S. The van der Waals surface area contributed by atoms with E-state index in [1.807, 2.05) is 18.2 Å². The lowest BCUT2D eigenvalue weighted by atomic mass is 10.1. The van der Waals surface area contributed by atoms with Gasteiger partial charge in [-0.15, -0.1) is 0 Å². The maximum absolute atomic E-state index is 13.1. The molecule has 0 spiro atoms. The third-order valence-corrected chi connectivity index (χ3v) is 6.32. The second-order valence-electron chi connectivity index (χ2n) is 7.62. The van der Waals surface area contributed by atoms with Crippen LogP contribution in [0.2, 0.25) is 0 Å². The molecule has 7 nitrogen and oxygen atoms in total. The van der Waals surface area contributed by atoms with Gasteiger partial charge in [0.15, 0.2) is 0 Å². The first kappa shape index (κ1) is 23.9. The van der Waals surface area contributed by atoms with Crippen LogP contribution in [0.25, 0.3) is 0 Å². The largest absolute Gasteiger partial charge is 0.487 e. The Morgan fingerprint density at radius 1 is 0.886 bits per heavy atom. The third kappa shape index (κ3) is 6.87. The minimum absolute atomic E-state index is 0.0476. The van der Waals surface area contributed by atoms with Crippen LogP contribution in [0, 0.1) is 5.82 Å². The van der Waals surface area contributed by atoms with E-state index >= 15 is 0 Å². The van der Waals surface area contributed by atoms with Crippen molar-refractivity contribution >= 4 is 27.3 Å². The van der Waals surface area contributed by atoms with Crippen molar-refractivity contribution in [2.75, 3.05) is 10.0 Å². The highest BCUT2D eigenvalue weighted by molar-refractivity contribution is 7.92. The Morgan fingerprint density at radius 2 is 1.66 bits per heavy atom. The van der Waals surface area contributed by atoms with Gasteiger partial charge in [0.25, 0.3) is 10.0 Å². The molecule has 178 valence electrons. The number of benzene rings is 3. The van der Waals surface area contributed by atoms with Gasteiger partial charge in [-0.25, -0.2) is 12.8 Å². The van der Waals surface area contributed by atoms with Crippen molar-refractivity contribution in [2.24, 2.45) is 0 Å². The van der Waals surface area contributed by atoms with Crippen LogP contribution in [0.15, 0.2) is 102 Å². The Kier molecular flexibility index (Phi) is 7.37. The number of aromatic nitrogens is 1. The lowest BCUT2D eigenvalue weighted by Crippen LogP contribution is -2.15. The normalized spacial score (nSPS) is 11.0. The zero-order valence-electron chi connectivity index (χ0n) is 18.5.